The summed E-state index contributed by atoms with van der Waals surface area (Å²) in [5.74, 6) is -6.54. The van der Waals surface area contributed by atoms with Gasteiger partial charge in [0.25, 0.3) is 11.8 Å². The van der Waals surface area contributed by atoms with Gasteiger partial charge in [-0.05, 0) is 180 Å². The number of halogens is 3. The first kappa shape index (κ1) is 94.8. The Morgan fingerprint density at radius 2 is 0.820 bits per heavy atom. The second-order valence-corrected chi connectivity index (χ2v) is 35.4. The lowest BCUT2D eigenvalue weighted by Crippen LogP contribution is -2.42. The largest absolute Gasteiger partial charge is 0.481 e. The van der Waals surface area contributed by atoms with Gasteiger partial charge in [-0.2, -0.15) is 0 Å². The van der Waals surface area contributed by atoms with Crippen LogP contribution in [0.15, 0.2) is 189 Å². The molecule has 0 saturated carbocycles. The third-order valence-corrected chi connectivity index (χ3v) is 25.6. The summed E-state index contributed by atoms with van der Waals surface area (Å²) in [6, 6.07) is 37.0. The number of urea groups is 2. The highest BCUT2D eigenvalue weighted by Crippen LogP contribution is 2.40. The molecule has 0 radical (unpaired) electrons. The van der Waals surface area contributed by atoms with Crippen LogP contribution >= 0.6 is 0 Å². The highest BCUT2D eigenvalue weighted by atomic mass is 19.1. The van der Waals surface area contributed by atoms with Gasteiger partial charge in [0, 0.05) is 195 Å². The van der Waals surface area contributed by atoms with Crippen molar-refractivity contribution in [3.05, 3.63) is 285 Å². The van der Waals surface area contributed by atoms with Crippen LogP contribution in [-0.4, -0.2) is 223 Å². The van der Waals surface area contributed by atoms with Gasteiger partial charge in [0.2, 0.25) is 0 Å². The first-order chi connectivity index (χ1) is 66.8. The molecule has 40 heteroatoms. The summed E-state index contributed by atoms with van der Waals surface area (Å²) >= 11 is 0. The average Bonchev–Trinajstić information content (AvgIpc) is 1.57. The fraction of sp³-hybridized carbons (Fsp3) is 0.293. The van der Waals surface area contributed by atoms with Gasteiger partial charge in [0.1, 0.15) is 99.9 Å². The van der Waals surface area contributed by atoms with Gasteiger partial charge in [-0.25, -0.2) is 52.7 Å². The number of nitrogens with one attached hydrogen (secondary N) is 5. The molecule has 6 amide bonds. The first-order valence-corrected chi connectivity index (χ1v) is 44.9. The molecule has 2 fully saturated rings. The number of aliphatic hydroxyl groups excluding tert-OH is 1. The minimum absolute atomic E-state index is 0.0122. The smallest absolute Gasteiger partial charge is 0.327 e. The van der Waals surface area contributed by atoms with Gasteiger partial charge in [-0.3, -0.25) is 64.1 Å². The molecule has 0 spiro atoms. The van der Waals surface area contributed by atoms with Gasteiger partial charge in [0.05, 0.1) is 25.9 Å². The fourth-order valence-corrected chi connectivity index (χ4v) is 18.9. The highest BCUT2D eigenvalue weighted by Gasteiger charge is 2.51. The van der Waals surface area contributed by atoms with Crippen LogP contribution in [0.4, 0.5) is 22.8 Å². The molecule has 0 aliphatic carbocycles. The van der Waals surface area contributed by atoms with Crippen LogP contribution in [0.2, 0.25) is 0 Å². The number of esters is 1. The van der Waals surface area contributed by atoms with Crippen molar-refractivity contribution in [2.75, 3.05) is 13.1 Å². The maximum Gasteiger partial charge on any atom is 0.327 e. The molecule has 716 valence electrons. The Morgan fingerprint density at radius 1 is 0.453 bits per heavy atom. The van der Waals surface area contributed by atoms with Crippen LogP contribution in [0, 0.1) is 17.5 Å². The van der Waals surface area contributed by atoms with Crippen molar-refractivity contribution in [1.29, 1.82) is 0 Å². The Morgan fingerprint density at radius 3 is 1.23 bits per heavy atom. The van der Waals surface area contributed by atoms with E-state index in [1.165, 1.54) is 41.3 Å². The number of hydrogen-bond donors (Lipinski definition) is 12. The van der Waals surface area contributed by atoms with Crippen molar-refractivity contribution in [2.24, 2.45) is 5.73 Å². The summed E-state index contributed by atoms with van der Waals surface area (Å²) in [6.07, 6.45) is 14.0. The SMILES string of the molecule is CC(C)(C)OC(=O)CCN1C(=O)C2Cc3c(n(Cc4ccc(F)cc4)c4ncccc34)CN2C1=O.N[C@@H](Cc1c[nH]c2ncccc12)C(=O)O.O=C(O)CCN1C(=O)C2Cc3c(n(Cc4ccc(F)cc4)c4ncccc34)CN2C1=O.O=C(O)[C@@H]1Cc2c([nH]c3ncccc23)CN1.O=C(O)[C@@H]1Cc2c(n(CO)c3ncccc23)CN1.O=C(O)[C@@H]1Cc2c(n(Cc3ccc(F)cc3)c3ncccc23)CN1. The van der Waals surface area contributed by atoms with Crippen molar-refractivity contribution < 1.29 is 96.5 Å². The maximum absolute atomic E-state index is 13.4. The van der Waals surface area contributed by atoms with E-state index in [4.69, 9.17) is 30.9 Å². The number of nitrogens with zero attached hydrogens (tertiary/aromatic N) is 14. The zero-order valence-corrected chi connectivity index (χ0v) is 75.4. The van der Waals surface area contributed by atoms with Crippen molar-refractivity contribution >= 4 is 126 Å². The maximum atomic E-state index is 13.4. The second-order valence-electron chi connectivity index (χ2n) is 35.4. The summed E-state index contributed by atoms with van der Waals surface area (Å²) in [7, 11) is 0. The van der Waals surface area contributed by atoms with Crippen LogP contribution in [0.25, 0.3) is 66.2 Å². The number of carboxylic acids is 5. The van der Waals surface area contributed by atoms with E-state index in [-0.39, 0.29) is 75.0 Å². The third-order valence-electron chi connectivity index (χ3n) is 25.6. The molecular formula is C99H97F3N20O17. The van der Waals surface area contributed by atoms with Crippen LogP contribution < -0.4 is 21.7 Å². The topological polar surface area (TPSA) is 505 Å². The molecule has 19 heterocycles. The van der Waals surface area contributed by atoms with E-state index in [2.05, 4.69) is 60.4 Å². The molecule has 13 N–H and O–H groups in total. The van der Waals surface area contributed by atoms with E-state index in [0.717, 1.165) is 149 Å². The minimum Gasteiger partial charge on any atom is -0.481 e. The number of H-pyrrole nitrogens is 2. The summed E-state index contributed by atoms with van der Waals surface area (Å²) in [6.45, 7) is 8.46. The van der Waals surface area contributed by atoms with Gasteiger partial charge >= 0.3 is 47.9 Å². The number of carbonyl (C=O) groups excluding carboxylic acids is 5. The number of aromatic nitrogens is 12. The Bertz CT molecular complexity index is 7290. The van der Waals surface area contributed by atoms with E-state index in [9.17, 15) is 71.3 Å². The third kappa shape index (κ3) is 19.9. The monoisotopic (exact) mass is 1890 g/mol. The molecule has 0 bridgehead atoms. The molecule has 7 aliphatic heterocycles. The van der Waals surface area contributed by atoms with Gasteiger partial charge in [0.15, 0.2) is 0 Å². The molecule has 15 aromatic rings. The summed E-state index contributed by atoms with van der Waals surface area (Å²) in [5.41, 5.74) is 23.0. The second kappa shape index (κ2) is 40.2. The molecule has 7 aliphatic rings. The minimum atomic E-state index is -1.06. The number of rotatable bonds is 19. The summed E-state index contributed by atoms with van der Waals surface area (Å²) in [5, 5.41) is 69.1. The lowest BCUT2D eigenvalue weighted by molar-refractivity contribution is -0.155. The molecule has 37 nitrogen and oxygen atoms in total. The molecule has 12 aromatic heterocycles. The van der Waals surface area contributed by atoms with E-state index < -0.39 is 89.7 Å². The van der Waals surface area contributed by atoms with Crippen LogP contribution in [-0.2, 0) is 141 Å². The van der Waals surface area contributed by atoms with Crippen molar-refractivity contribution in [3.63, 3.8) is 0 Å². The van der Waals surface area contributed by atoms with E-state index in [0.29, 0.717) is 83.4 Å². The molecular weight excluding hydrogens is 1800 g/mol. The van der Waals surface area contributed by atoms with Gasteiger partial charge in [-0.15, -0.1) is 0 Å². The van der Waals surface area contributed by atoms with Crippen LogP contribution in [0.3, 0.4) is 0 Å². The average molecular weight is 1900 g/mol. The number of fused-ring (bicyclic) bond motifs is 18. The van der Waals surface area contributed by atoms with E-state index >= 15 is 0 Å². The lowest BCUT2D eigenvalue weighted by atomic mass is 9.98. The molecule has 3 aromatic carbocycles. The van der Waals surface area contributed by atoms with Gasteiger partial charge in [-0.1, -0.05) is 36.4 Å². The van der Waals surface area contributed by atoms with Crippen molar-refractivity contribution in [3.8, 4) is 0 Å². The molecule has 22 rings (SSSR count). The number of aliphatic carboxylic acids is 5. The Labute approximate surface area is 789 Å². The number of aliphatic hydroxyl groups is 1. The van der Waals surface area contributed by atoms with E-state index in [1.807, 2.05) is 81.9 Å². The van der Waals surface area contributed by atoms with Gasteiger partial charge < -0.3 is 79.1 Å². The Balaban J connectivity index is 0.000000118. The number of carbonyl (C=O) groups is 10. The van der Waals surface area contributed by atoms with Crippen LogP contribution in [0.1, 0.15) is 112 Å². The number of aromatic amines is 2. The first-order valence-electron chi connectivity index (χ1n) is 44.9. The van der Waals surface area contributed by atoms with E-state index in [1.54, 1.807) is 110 Å². The van der Waals surface area contributed by atoms with Crippen molar-refractivity contribution in [1.82, 2.24) is 93.7 Å². The zero-order chi connectivity index (χ0) is 97.9. The highest BCUT2D eigenvalue weighted by molar-refractivity contribution is 6.07. The number of imide groups is 2. The number of nitrogens with two attached hydrogens (primary N) is 1. The predicted molar refractivity (Wildman–Crippen MR) is 498 cm³/mol. The molecule has 139 heavy (non-hydrogen) atoms. The molecule has 6 atom stereocenters. The quantitative estimate of drug-likeness (QED) is 0.0264. The number of carboxylic acid groups (broad SMARTS) is 5. The van der Waals surface area contributed by atoms with Crippen LogP contribution in [0.5, 0.6) is 0 Å². The number of ether oxygens (including phenoxy) is 1. The predicted octanol–water partition coefficient (Wildman–Crippen LogP) is 9.62. The molecule has 2 saturated heterocycles. The molecule has 2 unspecified atom stereocenters. The Kier molecular flexibility index (Phi) is 27.4. The summed E-state index contributed by atoms with van der Waals surface area (Å²) < 4.78 is 53.0. The fourth-order valence-electron chi connectivity index (χ4n) is 18.9. The number of hydrogen-bond acceptors (Lipinski definition) is 22. The number of amides is 6. The number of pyridine rings is 6. The number of benzene rings is 3. The normalized spacial score (nSPS) is 17.5. The van der Waals surface area contributed by atoms with Crippen molar-refractivity contribution in [2.45, 2.75) is 173 Å². The lowest BCUT2D eigenvalue weighted by Gasteiger charge is -2.28. The zero-order valence-electron chi connectivity index (χ0n) is 75.4. The Hall–Kier alpha value is -15.9. The summed E-state index contributed by atoms with van der Waals surface area (Å²) in [4.78, 5) is 157. The standard InChI is InChI=1S/C26H27FN4O4.C22H19FN4O4.C18H16FN3O2.C12H13N3O3.C11H11N3O2.C10H11N3O2/c1-26(2,3)35-22(32)10-12-29-24(33)20-13-19-18-5-4-11-28-23(18)30(21(19)15-31(20)25(29)34)14-16-6-8-17(27)9-7-16;23-14-5-3-13(4-6-14)11-26-18-12-27-17(10-16(18)15-2-1-8-24-20(15)26)21(30)25(22(27)31)9-7-19(28)29;19-12-5-3-11(4-6-12)10-22-16-9-21-15(18(23)24)8-14(16)13-2-1-7-20-17(13)22;16-6-15-10-5-14-9(12(17)18)4-8(10)7-2-1-3-13-11(7)15;15-11(16)8-4-7-6-2-1-3-12-10(6)14-9(7)5-13-8;11-8(10(14)15)4-6-5-13-9-7(6)2-1-3-12-9/h4-9,11,20H,10,12-15H2,1-3H3;1-6,8,17H,7,9-12H2,(H,28,29);1-7,15,21H,8-10H2,(H,23,24);1-3,9,14,16H,4-6H2,(H,17,18);1-3,8,13H,4-5H2,(H,12,14)(H,15,16);1-3,5,8H,4,11H2,(H,12,13)(H,14,15)/t;;15-;9-;2*8-/m..0000/s1.